The maximum absolute atomic E-state index is 13.6. The second kappa shape index (κ2) is 6.33. The Labute approximate surface area is 129 Å². The van der Waals surface area contributed by atoms with Crippen LogP contribution in [0.3, 0.4) is 0 Å². The molecule has 1 aromatic rings. The number of carboxylic acids is 1. The summed E-state index contributed by atoms with van der Waals surface area (Å²) < 4.78 is 13.6. The summed E-state index contributed by atoms with van der Waals surface area (Å²) in [5, 5.41) is 18.1. The van der Waals surface area contributed by atoms with E-state index in [1.807, 2.05) is 0 Å². The van der Waals surface area contributed by atoms with Crippen molar-refractivity contribution in [2.45, 2.75) is 6.04 Å². The van der Waals surface area contributed by atoms with Gasteiger partial charge in [-0.2, -0.15) is 0 Å². The van der Waals surface area contributed by atoms with Gasteiger partial charge in [0, 0.05) is 5.56 Å². The Balaban J connectivity index is 2.34. The third-order valence-corrected chi connectivity index (χ3v) is 4.12. The number of halogens is 1. The first-order chi connectivity index (χ1) is 9.95. The first-order valence-electron chi connectivity index (χ1n) is 5.81. The van der Waals surface area contributed by atoms with Crippen LogP contribution < -0.4 is 0 Å². The lowest BCUT2D eigenvalue weighted by Crippen LogP contribution is -2.46. The number of aliphatic hydroxyl groups excluding tert-OH is 1. The zero-order valence-corrected chi connectivity index (χ0v) is 12.2. The highest BCUT2D eigenvalue weighted by Crippen LogP contribution is 2.34. The molecule has 2 N–H and O–H groups in total. The summed E-state index contributed by atoms with van der Waals surface area (Å²) in [5.74, 6) is -2.52. The highest BCUT2D eigenvalue weighted by atomic mass is 32.2. The number of carboxylic acid groups (broad SMARTS) is 1. The number of carbonyl (C=O) groups is 2. The van der Waals surface area contributed by atoms with Crippen molar-refractivity contribution >= 4 is 46.3 Å². The average Bonchev–Trinajstić information content (AvgIpc) is 2.70. The van der Waals surface area contributed by atoms with Crippen molar-refractivity contribution in [3.05, 3.63) is 40.6 Å². The second-order valence-electron chi connectivity index (χ2n) is 4.11. The number of carbonyl (C=O) groups excluding carboxylic acids is 1. The van der Waals surface area contributed by atoms with E-state index in [0.29, 0.717) is 0 Å². The number of aliphatic carboxylic acids is 1. The van der Waals surface area contributed by atoms with Crippen LogP contribution in [0.5, 0.6) is 0 Å². The quantitative estimate of drug-likeness (QED) is 0.644. The van der Waals surface area contributed by atoms with Gasteiger partial charge in [-0.15, -0.1) is 0 Å². The van der Waals surface area contributed by atoms with Gasteiger partial charge in [0.25, 0.3) is 5.91 Å². The third-order valence-electron chi connectivity index (χ3n) is 2.79. The highest BCUT2D eigenvalue weighted by molar-refractivity contribution is 8.26. The Morgan fingerprint density at radius 1 is 1.48 bits per heavy atom. The van der Waals surface area contributed by atoms with E-state index in [2.05, 4.69) is 0 Å². The second-order valence-corrected chi connectivity index (χ2v) is 5.79. The van der Waals surface area contributed by atoms with Crippen molar-refractivity contribution in [3.63, 3.8) is 0 Å². The van der Waals surface area contributed by atoms with E-state index in [9.17, 15) is 14.0 Å². The number of amides is 1. The number of hydrogen-bond donors (Lipinski definition) is 2. The molecule has 0 bridgehead atoms. The lowest BCUT2D eigenvalue weighted by Gasteiger charge is -2.20. The first-order valence-corrected chi connectivity index (χ1v) is 7.03. The molecular weight excluding hydrogens is 317 g/mol. The Morgan fingerprint density at radius 3 is 2.71 bits per heavy atom. The normalized spacial score (nSPS) is 18.4. The molecule has 0 aromatic heterocycles. The van der Waals surface area contributed by atoms with E-state index in [1.54, 1.807) is 6.07 Å². The molecular formula is C13H10FNO4S2. The number of aliphatic hydroxyl groups is 1. The van der Waals surface area contributed by atoms with E-state index in [0.717, 1.165) is 16.7 Å². The van der Waals surface area contributed by atoms with Crippen LogP contribution in [0.15, 0.2) is 29.2 Å². The van der Waals surface area contributed by atoms with Crippen LogP contribution in [-0.2, 0) is 9.59 Å². The predicted octanol–water partition coefficient (Wildman–Crippen LogP) is 1.47. The Kier molecular flexibility index (Phi) is 4.71. The van der Waals surface area contributed by atoms with Gasteiger partial charge in [-0.05, 0) is 12.1 Å². The molecule has 1 aliphatic rings. The average molecular weight is 327 g/mol. The minimum atomic E-state index is -1.44. The molecule has 0 saturated carbocycles. The van der Waals surface area contributed by atoms with Gasteiger partial charge in [0.15, 0.2) is 6.04 Å². The summed E-state index contributed by atoms with van der Waals surface area (Å²) in [6.07, 6.45) is 1.31. The van der Waals surface area contributed by atoms with Crippen LogP contribution in [0.25, 0.3) is 6.08 Å². The van der Waals surface area contributed by atoms with Crippen LogP contribution in [0, 0.1) is 5.82 Å². The van der Waals surface area contributed by atoms with E-state index >= 15 is 0 Å². The minimum Gasteiger partial charge on any atom is -0.480 e. The molecule has 1 atom stereocenters. The maximum Gasteiger partial charge on any atom is 0.329 e. The van der Waals surface area contributed by atoms with Gasteiger partial charge in [0.1, 0.15) is 10.1 Å². The topological polar surface area (TPSA) is 77.8 Å². The van der Waals surface area contributed by atoms with Crippen molar-refractivity contribution in [3.8, 4) is 0 Å². The fraction of sp³-hybridized carbons (Fsp3) is 0.154. The minimum absolute atomic E-state index is 0.0176. The lowest BCUT2D eigenvalue weighted by atomic mass is 10.2. The predicted molar refractivity (Wildman–Crippen MR) is 79.9 cm³/mol. The molecule has 1 fully saturated rings. The maximum atomic E-state index is 13.6. The van der Waals surface area contributed by atoms with E-state index in [1.165, 1.54) is 24.3 Å². The standard InChI is InChI=1S/C13H10FNO4S2/c14-8-4-2-1-3-7(8)5-10-11(17)15(13(20)21-10)9(6-16)12(18)19/h1-5,9,16H,6H2,(H,18,19). The zero-order valence-electron chi connectivity index (χ0n) is 10.5. The van der Waals surface area contributed by atoms with Crippen molar-refractivity contribution in [2.24, 2.45) is 0 Å². The molecule has 1 aliphatic heterocycles. The molecule has 21 heavy (non-hydrogen) atoms. The molecule has 110 valence electrons. The molecule has 8 heteroatoms. The van der Waals surface area contributed by atoms with Crippen LogP contribution >= 0.6 is 24.0 Å². The number of nitrogens with zero attached hydrogens (tertiary/aromatic N) is 1. The monoisotopic (exact) mass is 327 g/mol. The van der Waals surface area contributed by atoms with Crippen molar-refractivity contribution in [1.82, 2.24) is 4.90 Å². The summed E-state index contributed by atoms with van der Waals surface area (Å²) in [6, 6.07) is 4.43. The summed E-state index contributed by atoms with van der Waals surface area (Å²) in [7, 11) is 0. The zero-order chi connectivity index (χ0) is 15.6. The Morgan fingerprint density at radius 2 is 2.14 bits per heavy atom. The SMILES string of the molecule is O=C(O)C(CO)N1C(=O)C(=Cc2ccccc2F)SC1=S. The fourth-order valence-corrected chi connectivity index (χ4v) is 3.10. The summed E-state index contributed by atoms with van der Waals surface area (Å²) in [4.78, 5) is 24.2. The fourth-order valence-electron chi connectivity index (χ4n) is 1.75. The van der Waals surface area contributed by atoms with Gasteiger partial charge in [-0.25, -0.2) is 9.18 Å². The van der Waals surface area contributed by atoms with Gasteiger partial charge < -0.3 is 10.2 Å². The molecule has 1 amide bonds. The smallest absolute Gasteiger partial charge is 0.329 e. The third kappa shape index (κ3) is 3.12. The number of thioether (sulfide) groups is 1. The Bertz CT molecular complexity index is 647. The van der Waals surface area contributed by atoms with Gasteiger partial charge in [0.2, 0.25) is 0 Å². The largest absolute Gasteiger partial charge is 0.480 e. The van der Waals surface area contributed by atoms with Crippen LogP contribution in [0.1, 0.15) is 5.56 Å². The molecule has 2 rings (SSSR count). The lowest BCUT2D eigenvalue weighted by molar-refractivity contribution is -0.146. The molecule has 1 saturated heterocycles. The molecule has 1 aromatic carbocycles. The van der Waals surface area contributed by atoms with Gasteiger partial charge >= 0.3 is 5.97 Å². The van der Waals surface area contributed by atoms with E-state index in [-0.39, 0.29) is 14.8 Å². The van der Waals surface area contributed by atoms with E-state index in [4.69, 9.17) is 22.4 Å². The van der Waals surface area contributed by atoms with Crippen LogP contribution in [0.2, 0.25) is 0 Å². The highest BCUT2D eigenvalue weighted by Gasteiger charge is 2.40. The molecule has 0 spiro atoms. The van der Waals surface area contributed by atoms with Gasteiger partial charge in [-0.1, -0.05) is 42.2 Å². The molecule has 1 unspecified atom stereocenters. The number of rotatable bonds is 4. The van der Waals surface area contributed by atoms with Gasteiger partial charge in [-0.3, -0.25) is 9.69 Å². The Hall–Kier alpha value is -1.77. The number of thiocarbonyl (C=S) groups is 1. The molecule has 1 heterocycles. The van der Waals surface area contributed by atoms with Crippen LogP contribution in [0.4, 0.5) is 4.39 Å². The van der Waals surface area contributed by atoms with Gasteiger partial charge in [0.05, 0.1) is 11.5 Å². The van der Waals surface area contributed by atoms with Crippen molar-refractivity contribution in [1.29, 1.82) is 0 Å². The first kappa shape index (κ1) is 15.6. The number of hydrogen-bond acceptors (Lipinski definition) is 5. The molecule has 5 nitrogen and oxygen atoms in total. The summed E-state index contributed by atoms with van der Waals surface area (Å²) >= 11 is 5.84. The van der Waals surface area contributed by atoms with Crippen molar-refractivity contribution < 1.29 is 24.2 Å². The van der Waals surface area contributed by atoms with E-state index < -0.39 is 30.3 Å². The molecule has 0 radical (unpaired) electrons. The van der Waals surface area contributed by atoms with Crippen LogP contribution in [-0.4, -0.2) is 44.0 Å². The number of benzene rings is 1. The summed E-state index contributed by atoms with van der Waals surface area (Å²) in [5.41, 5.74) is 0.203. The molecule has 0 aliphatic carbocycles. The van der Waals surface area contributed by atoms with Crippen molar-refractivity contribution in [2.75, 3.05) is 6.61 Å². The summed E-state index contributed by atoms with van der Waals surface area (Å²) in [6.45, 7) is -0.755.